The minimum atomic E-state index is -0.574. The Hall–Kier alpha value is -1.51. The molecule has 0 radical (unpaired) electrons. The first kappa shape index (κ1) is 15.5. The lowest BCUT2D eigenvalue weighted by molar-refractivity contribution is -0.133. The van der Waals surface area contributed by atoms with Crippen molar-refractivity contribution in [3.8, 4) is 6.07 Å². The molecule has 0 fully saturated rings. The highest BCUT2D eigenvalue weighted by Gasteiger charge is 2.23. The zero-order valence-electron chi connectivity index (χ0n) is 11.2. The third kappa shape index (κ3) is 3.98. The maximum atomic E-state index is 12.1. The van der Waals surface area contributed by atoms with Gasteiger partial charge in [0, 0.05) is 6.54 Å². The van der Waals surface area contributed by atoms with Crippen molar-refractivity contribution in [2.75, 3.05) is 0 Å². The molecule has 0 aliphatic rings. The highest BCUT2D eigenvalue weighted by Crippen LogP contribution is 2.17. The summed E-state index contributed by atoms with van der Waals surface area (Å²) in [6.07, 6.45) is 0.719. The predicted molar refractivity (Wildman–Crippen MR) is 78.4 cm³/mol. The van der Waals surface area contributed by atoms with E-state index in [1.165, 1.54) is 0 Å². The first-order valence-electron chi connectivity index (χ1n) is 6.23. The fourth-order valence-electron chi connectivity index (χ4n) is 1.76. The van der Waals surface area contributed by atoms with Gasteiger partial charge in [-0.2, -0.15) is 17.9 Å². The van der Waals surface area contributed by atoms with Crippen molar-refractivity contribution in [2.24, 2.45) is 5.73 Å². The average Bonchev–Trinajstić information content (AvgIpc) is 2.43. The van der Waals surface area contributed by atoms with Crippen molar-refractivity contribution in [1.82, 2.24) is 4.90 Å². The first-order chi connectivity index (χ1) is 9.01. The molecule has 0 aromatic heterocycles. The largest absolute Gasteiger partial charge is 0.325 e. The number of amides is 1. The molecule has 2 N–H and O–H groups in total. The van der Waals surface area contributed by atoms with Crippen molar-refractivity contribution in [1.29, 1.82) is 5.26 Å². The smallest absolute Gasteiger partial charge is 0.240 e. The monoisotopic (exact) mass is 277 g/mol. The Balaban J connectivity index is 3.01. The fraction of sp³-hybridized carbons (Fsp3) is 0.429. The first-order valence-corrected chi connectivity index (χ1v) is 6.75. The lowest BCUT2D eigenvalue weighted by atomic mass is 10.1. The van der Waals surface area contributed by atoms with Gasteiger partial charge < -0.3 is 10.6 Å². The number of hydrogen-bond donors (Lipinski definition) is 2. The molecule has 1 aromatic carbocycles. The molecule has 1 rings (SSSR count). The Morgan fingerprint density at radius 1 is 1.53 bits per heavy atom. The second kappa shape index (κ2) is 7.17. The summed E-state index contributed by atoms with van der Waals surface area (Å²) in [6.45, 7) is 3.96. The molecule has 0 aliphatic heterocycles. The van der Waals surface area contributed by atoms with Gasteiger partial charge >= 0.3 is 0 Å². The number of benzene rings is 1. The van der Waals surface area contributed by atoms with E-state index in [4.69, 9.17) is 11.0 Å². The summed E-state index contributed by atoms with van der Waals surface area (Å²) in [5.41, 5.74) is 7.05. The van der Waals surface area contributed by atoms with Gasteiger partial charge in [0.25, 0.3) is 0 Å². The standard InChI is InChI=1S/C14H19N3OS/c1-3-13(19)17(14(18)10(2)16)9-12-7-5-4-6-11(12)8-15/h4-7,10,13,19H,3,9,16H2,1-2H3. The van der Waals surface area contributed by atoms with Crippen LogP contribution in [0.5, 0.6) is 0 Å². The molecular formula is C14H19N3OS. The van der Waals surface area contributed by atoms with Crippen LogP contribution in [0.1, 0.15) is 31.4 Å². The minimum absolute atomic E-state index is 0.158. The van der Waals surface area contributed by atoms with Crippen LogP contribution in [0.2, 0.25) is 0 Å². The van der Waals surface area contributed by atoms with Crippen LogP contribution in [0.3, 0.4) is 0 Å². The molecule has 5 heteroatoms. The van der Waals surface area contributed by atoms with Gasteiger partial charge in [-0.25, -0.2) is 0 Å². The number of nitrogens with zero attached hydrogens (tertiary/aromatic N) is 2. The van der Waals surface area contributed by atoms with Crippen LogP contribution in [0.25, 0.3) is 0 Å². The second-order valence-electron chi connectivity index (χ2n) is 4.41. The number of carbonyl (C=O) groups excluding carboxylic acids is 1. The lowest BCUT2D eigenvalue weighted by Crippen LogP contribution is -2.45. The van der Waals surface area contributed by atoms with Gasteiger partial charge in [-0.05, 0) is 25.0 Å². The lowest BCUT2D eigenvalue weighted by Gasteiger charge is -2.29. The zero-order valence-corrected chi connectivity index (χ0v) is 12.1. The predicted octanol–water partition coefficient (Wildman–Crippen LogP) is 1.90. The summed E-state index contributed by atoms with van der Waals surface area (Å²) in [7, 11) is 0. The van der Waals surface area contributed by atoms with Gasteiger partial charge in [-0.1, -0.05) is 25.1 Å². The Bertz CT molecular complexity index is 482. The molecule has 102 valence electrons. The van der Waals surface area contributed by atoms with E-state index in [0.717, 1.165) is 12.0 Å². The van der Waals surface area contributed by atoms with Crippen LogP contribution in [-0.2, 0) is 11.3 Å². The molecule has 0 heterocycles. The number of nitriles is 1. The van der Waals surface area contributed by atoms with Crippen molar-refractivity contribution >= 4 is 18.5 Å². The maximum absolute atomic E-state index is 12.1. The van der Waals surface area contributed by atoms with E-state index >= 15 is 0 Å². The number of nitrogens with two attached hydrogens (primary N) is 1. The molecule has 0 saturated carbocycles. The quantitative estimate of drug-likeness (QED) is 0.638. The summed E-state index contributed by atoms with van der Waals surface area (Å²) < 4.78 is 0. The molecule has 2 atom stereocenters. The summed E-state index contributed by atoms with van der Waals surface area (Å²) in [5.74, 6) is -0.158. The third-order valence-corrected chi connectivity index (χ3v) is 3.52. The van der Waals surface area contributed by atoms with Gasteiger partial charge in [-0.3, -0.25) is 4.79 Å². The Morgan fingerprint density at radius 2 is 2.16 bits per heavy atom. The SMILES string of the molecule is CCC(S)N(Cc1ccccc1C#N)C(=O)C(C)N. The van der Waals surface area contributed by atoms with E-state index in [-0.39, 0.29) is 11.3 Å². The number of rotatable bonds is 5. The van der Waals surface area contributed by atoms with Gasteiger partial charge in [0.05, 0.1) is 23.0 Å². The minimum Gasteiger partial charge on any atom is -0.325 e. The highest BCUT2D eigenvalue weighted by molar-refractivity contribution is 7.80. The molecule has 1 amide bonds. The highest BCUT2D eigenvalue weighted by atomic mass is 32.1. The summed E-state index contributed by atoms with van der Waals surface area (Å²) in [5, 5.41) is 8.87. The Morgan fingerprint density at radius 3 is 2.68 bits per heavy atom. The number of thiol groups is 1. The van der Waals surface area contributed by atoms with Gasteiger partial charge in [-0.15, -0.1) is 0 Å². The van der Waals surface area contributed by atoms with Gasteiger partial charge in [0.2, 0.25) is 5.91 Å². The van der Waals surface area contributed by atoms with Crippen LogP contribution in [0.15, 0.2) is 24.3 Å². The van der Waals surface area contributed by atoms with Crippen LogP contribution in [0.4, 0.5) is 0 Å². The Kier molecular flexibility index (Phi) is 5.87. The van der Waals surface area contributed by atoms with Gasteiger partial charge in [0.1, 0.15) is 0 Å². The number of hydrogen-bond acceptors (Lipinski definition) is 4. The van der Waals surface area contributed by atoms with Crippen molar-refractivity contribution < 1.29 is 4.79 Å². The zero-order chi connectivity index (χ0) is 14.4. The summed E-state index contributed by atoms with van der Waals surface area (Å²) >= 11 is 4.42. The normalized spacial score (nSPS) is 13.4. The molecular weight excluding hydrogens is 258 g/mol. The van der Waals surface area contributed by atoms with E-state index in [0.29, 0.717) is 12.1 Å². The van der Waals surface area contributed by atoms with Gasteiger partial charge in [0.15, 0.2) is 0 Å². The third-order valence-electron chi connectivity index (χ3n) is 2.88. The Labute approximate surface area is 119 Å². The van der Waals surface area contributed by atoms with Crippen LogP contribution in [0, 0.1) is 11.3 Å². The van der Waals surface area contributed by atoms with E-state index in [1.807, 2.05) is 19.1 Å². The second-order valence-corrected chi connectivity index (χ2v) is 5.01. The molecule has 4 nitrogen and oxygen atoms in total. The molecule has 1 aromatic rings. The van der Waals surface area contributed by atoms with E-state index < -0.39 is 6.04 Å². The molecule has 0 bridgehead atoms. The van der Waals surface area contributed by atoms with Crippen LogP contribution >= 0.6 is 12.6 Å². The van der Waals surface area contributed by atoms with Crippen LogP contribution < -0.4 is 5.73 Å². The molecule has 0 saturated heterocycles. The van der Waals surface area contributed by atoms with Crippen molar-refractivity contribution in [3.05, 3.63) is 35.4 Å². The summed E-state index contributed by atoms with van der Waals surface area (Å²) in [6, 6.07) is 8.80. The molecule has 19 heavy (non-hydrogen) atoms. The maximum Gasteiger partial charge on any atom is 0.240 e. The summed E-state index contributed by atoms with van der Waals surface area (Å²) in [4.78, 5) is 13.7. The fourth-order valence-corrected chi connectivity index (χ4v) is 1.96. The van der Waals surface area contributed by atoms with Crippen molar-refractivity contribution in [2.45, 2.75) is 38.2 Å². The van der Waals surface area contributed by atoms with Crippen molar-refractivity contribution in [3.63, 3.8) is 0 Å². The number of carbonyl (C=O) groups is 1. The molecule has 0 aliphatic carbocycles. The van der Waals surface area contributed by atoms with Crippen LogP contribution in [-0.4, -0.2) is 22.2 Å². The van der Waals surface area contributed by atoms with E-state index in [2.05, 4.69) is 18.7 Å². The topological polar surface area (TPSA) is 70.1 Å². The van der Waals surface area contributed by atoms with E-state index in [1.54, 1.807) is 24.0 Å². The molecule has 2 unspecified atom stereocenters. The average molecular weight is 277 g/mol. The molecule has 0 spiro atoms. The van der Waals surface area contributed by atoms with E-state index in [9.17, 15) is 4.79 Å².